The van der Waals surface area contributed by atoms with Crippen molar-refractivity contribution in [3.8, 4) is 11.5 Å². The number of rotatable bonds is 13. The zero-order chi connectivity index (χ0) is 30.9. The van der Waals surface area contributed by atoms with Gasteiger partial charge in [0.05, 0.1) is 37.6 Å². The lowest BCUT2D eigenvalue weighted by molar-refractivity contribution is -0.144. The SMILES string of the molecule is C=C(C)C(=O)OC(C)CC(C)Oc1ccc2cc(C(=O)OCCCOc3ccc4cc(C(=O)OC)ccc4c3)ccc2c1. The molecule has 0 aliphatic heterocycles. The van der Waals surface area contributed by atoms with Crippen molar-refractivity contribution in [3.05, 3.63) is 96.1 Å². The molecule has 0 aliphatic rings. The highest BCUT2D eigenvalue weighted by Gasteiger charge is 2.16. The maximum atomic E-state index is 12.6. The van der Waals surface area contributed by atoms with Crippen LogP contribution in [0.1, 0.15) is 54.3 Å². The highest BCUT2D eigenvalue weighted by atomic mass is 16.5. The fraction of sp³-hybridized carbons (Fsp3) is 0.286. The summed E-state index contributed by atoms with van der Waals surface area (Å²) in [6.45, 7) is 9.56. The van der Waals surface area contributed by atoms with Gasteiger partial charge >= 0.3 is 17.9 Å². The molecule has 4 aromatic carbocycles. The molecule has 0 aromatic heterocycles. The van der Waals surface area contributed by atoms with Gasteiger partial charge in [-0.05, 0) is 90.8 Å². The van der Waals surface area contributed by atoms with Gasteiger partial charge in [0.2, 0.25) is 0 Å². The molecule has 0 amide bonds. The Morgan fingerprint density at radius 2 is 1.28 bits per heavy atom. The molecular weight excluding hydrogens is 548 g/mol. The number of esters is 3. The third-order valence-electron chi connectivity index (χ3n) is 6.73. The Kier molecular flexibility index (Phi) is 10.4. The third-order valence-corrected chi connectivity index (χ3v) is 6.73. The van der Waals surface area contributed by atoms with Gasteiger partial charge in [-0.25, -0.2) is 14.4 Å². The van der Waals surface area contributed by atoms with Crippen molar-refractivity contribution >= 4 is 39.5 Å². The summed E-state index contributed by atoms with van der Waals surface area (Å²) in [6.07, 6.45) is 0.588. The Balaban J connectivity index is 1.23. The van der Waals surface area contributed by atoms with E-state index in [1.54, 1.807) is 31.2 Å². The Morgan fingerprint density at radius 1 is 0.721 bits per heavy atom. The van der Waals surface area contributed by atoms with E-state index in [0.717, 1.165) is 21.5 Å². The van der Waals surface area contributed by atoms with Crippen LogP contribution in [0.4, 0.5) is 0 Å². The van der Waals surface area contributed by atoms with Crippen molar-refractivity contribution in [2.75, 3.05) is 20.3 Å². The smallest absolute Gasteiger partial charge is 0.338 e. The molecule has 4 rings (SSSR count). The summed E-state index contributed by atoms with van der Waals surface area (Å²) in [6, 6.07) is 22.0. The molecule has 0 saturated heterocycles. The summed E-state index contributed by atoms with van der Waals surface area (Å²) in [7, 11) is 1.36. The molecule has 0 aliphatic carbocycles. The van der Waals surface area contributed by atoms with Gasteiger partial charge in [-0.15, -0.1) is 0 Å². The second kappa shape index (κ2) is 14.4. The van der Waals surface area contributed by atoms with Crippen LogP contribution < -0.4 is 9.47 Å². The summed E-state index contributed by atoms with van der Waals surface area (Å²) in [5.41, 5.74) is 1.32. The van der Waals surface area contributed by atoms with Crippen molar-refractivity contribution in [3.63, 3.8) is 0 Å². The normalized spacial score (nSPS) is 12.3. The Hall–Kier alpha value is -4.85. The average molecular weight is 585 g/mol. The number of hydrogen-bond donors (Lipinski definition) is 0. The fourth-order valence-corrected chi connectivity index (χ4v) is 4.56. The largest absolute Gasteiger partial charge is 0.493 e. The first kappa shape index (κ1) is 31.1. The molecule has 0 N–H and O–H groups in total. The van der Waals surface area contributed by atoms with Crippen LogP contribution in [0.5, 0.6) is 11.5 Å². The monoisotopic (exact) mass is 584 g/mol. The van der Waals surface area contributed by atoms with E-state index in [-0.39, 0.29) is 24.8 Å². The standard InChI is InChI=1S/C35H36O8/c1-22(2)33(36)43-24(4)17-23(3)42-32-14-12-26-19-30(10-8-28(26)21-32)35(38)41-16-6-15-40-31-13-11-25-18-29(34(37)39-5)9-7-27(25)20-31/h7-14,18-21,23-24H,1,6,15-17H2,2-5H3. The average Bonchev–Trinajstić information content (AvgIpc) is 2.99. The topological polar surface area (TPSA) is 97.4 Å². The fourth-order valence-electron chi connectivity index (χ4n) is 4.56. The van der Waals surface area contributed by atoms with Gasteiger partial charge < -0.3 is 23.7 Å². The predicted molar refractivity (Wildman–Crippen MR) is 165 cm³/mol. The van der Waals surface area contributed by atoms with E-state index >= 15 is 0 Å². The molecule has 0 fully saturated rings. The summed E-state index contributed by atoms with van der Waals surface area (Å²) < 4.78 is 27.4. The zero-order valence-electron chi connectivity index (χ0n) is 24.9. The molecule has 0 spiro atoms. The lowest BCUT2D eigenvalue weighted by Crippen LogP contribution is -2.23. The van der Waals surface area contributed by atoms with Crippen LogP contribution in [0, 0.1) is 0 Å². The molecule has 0 bridgehead atoms. The molecule has 8 heteroatoms. The maximum absolute atomic E-state index is 12.6. The van der Waals surface area contributed by atoms with Crippen LogP contribution in [-0.2, 0) is 19.0 Å². The quantitative estimate of drug-likeness (QED) is 0.0712. The van der Waals surface area contributed by atoms with E-state index in [1.165, 1.54) is 7.11 Å². The first-order valence-corrected chi connectivity index (χ1v) is 14.1. The van der Waals surface area contributed by atoms with Crippen LogP contribution in [-0.4, -0.2) is 50.4 Å². The predicted octanol–water partition coefficient (Wildman–Crippen LogP) is 7.07. The van der Waals surface area contributed by atoms with Gasteiger partial charge in [0.1, 0.15) is 17.6 Å². The zero-order valence-corrected chi connectivity index (χ0v) is 24.9. The molecular formula is C35H36O8. The minimum Gasteiger partial charge on any atom is -0.493 e. The van der Waals surface area contributed by atoms with E-state index in [9.17, 15) is 14.4 Å². The highest BCUT2D eigenvalue weighted by molar-refractivity contribution is 5.96. The van der Waals surface area contributed by atoms with E-state index in [0.29, 0.717) is 47.6 Å². The Labute approximate surface area is 251 Å². The Morgan fingerprint density at radius 3 is 1.91 bits per heavy atom. The first-order chi connectivity index (χ1) is 20.6. The summed E-state index contributed by atoms with van der Waals surface area (Å²) in [5.74, 6) is 0.190. The van der Waals surface area contributed by atoms with Gasteiger partial charge in [0.15, 0.2) is 0 Å². The van der Waals surface area contributed by atoms with Crippen LogP contribution in [0.3, 0.4) is 0 Å². The number of ether oxygens (including phenoxy) is 5. The molecule has 224 valence electrons. The lowest BCUT2D eigenvalue weighted by atomic mass is 10.1. The molecule has 0 saturated carbocycles. The number of carbonyl (C=O) groups is 3. The number of fused-ring (bicyclic) bond motifs is 2. The van der Waals surface area contributed by atoms with Crippen molar-refractivity contribution < 1.29 is 38.1 Å². The van der Waals surface area contributed by atoms with E-state index < -0.39 is 11.9 Å². The van der Waals surface area contributed by atoms with Crippen molar-refractivity contribution in [2.24, 2.45) is 0 Å². The van der Waals surface area contributed by atoms with Gasteiger partial charge in [0.25, 0.3) is 0 Å². The van der Waals surface area contributed by atoms with Gasteiger partial charge in [-0.1, -0.05) is 30.8 Å². The van der Waals surface area contributed by atoms with Crippen LogP contribution in [0.25, 0.3) is 21.5 Å². The second-order valence-electron chi connectivity index (χ2n) is 10.4. The molecule has 2 unspecified atom stereocenters. The second-order valence-corrected chi connectivity index (χ2v) is 10.4. The summed E-state index contributed by atoms with van der Waals surface area (Å²) >= 11 is 0. The minimum absolute atomic E-state index is 0.175. The van der Waals surface area contributed by atoms with Crippen LogP contribution in [0.2, 0.25) is 0 Å². The minimum atomic E-state index is -0.409. The van der Waals surface area contributed by atoms with E-state index in [2.05, 4.69) is 6.58 Å². The molecule has 0 heterocycles. The van der Waals surface area contributed by atoms with Crippen LogP contribution in [0.15, 0.2) is 84.9 Å². The maximum Gasteiger partial charge on any atom is 0.338 e. The van der Waals surface area contributed by atoms with Gasteiger partial charge in [0, 0.05) is 18.4 Å². The molecule has 4 aromatic rings. The number of methoxy groups -OCH3 is 1. The number of benzene rings is 4. The van der Waals surface area contributed by atoms with Gasteiger partial charge in [-0.2, -0.15) is 0 Å². The van der Waals surface area contributed by atoms with E-state index in [1.807, 2.05) is 62.4 Å². The molecule has 8 nitrogen and oxygen atoms in total. The first-order valence-electron chi connectivity index (χ1n) is 14.1. The van der Waals surface area contributed by atoms with E-state index in [4.69, 9.17) is 23.7 Å². The van der Waals surface area contributed by atoms with Crippen molar-refractivity contribution in [1.29, 1.82) is 0 Å². The van der Waals surface area contributed by atoms with Crippen molar-refractivity contribution in [2.45, 2.75) is 45.8 Å². The molecule has 43 heavy (non-hydrogen) atoms. The molecule has 2 atom stereocenters. The summed E-state index contributed by atoms with van der Waals surface area (Å²) in [5, 5.41) is 3.66. The summed E-state index contributed by atoms with van der Waals surface area (Å²) in [4.78, 5) is 36.1. The van der Waals surface area contributed by atoms with Crippen LogP contribution >= 0.6 is 0 Å². The Bertz CT molecular complexity index is 1640. The van der Waals surface area contributed by atoms with Crippen molar-refractivity contribution in [1.82, 2.24) is 0 Å². The number of carbonyl (C=O) groups excluding carboxylic acids is 3. The highest BCUT2D eigenvalue weighted by Crippen LogP contribution is 2.25. The lowest BCUT2D eigenvalue weighted by Gasteiger charge is -2.19. The van der Waals surface area contributed by atoms with Gasteiger partial charge in [-0.3, -0.25) is 0 Å². The number of hydrogen-bond acceptors (Lipinski definition) is 8. The third kappa shape index (κ3) is 8.58. The molecule has 0 radical (unpaired) electrons.